The SMILES string of the molecule is CCOC(=O)c1nnc(C(=O)OCC)c2c(C)cc(C)cc12. The molecule has 0 N–H and O–H groups in total. The summed E-state index contributed by atoms with van der Waals surface area (Å²) in [5.74, 6) is -1.11. The lowest BCUT2D eigenvalue weighted by Crippen LogP contribution is -2.15. The van der Waals surface area contributed by atoms with Crippen molar-refractivity contribution in [3.8, 4) is 0 Å². The number of ether oxygens (including phenoxy) is 2. The van der Waals surface area contributed by atoms with Crippen molar-refractivity contribution in [2.75, 3.05) is 13.2 Å². The molecular formula is C16H18N2O4. The highest BCUT2D eigenvalue weighted by molar-refractivity contribution is 6.10. The van der Waals surface area contributed by atoms with Crippen LogP contribution in [0.15, 0.2) is 12.1 Å². The van der Waals surface area contributed by atoms with Gasteiger partial charge in [-0.15, -0.1) is 10.2 Å². The standard InChI is InChI=1S/C16H18N2O4/c1-5-21-15(19)13-11-8-9(3)7-10(4)12(11)14(18-17-13)16(20)22-6-2/h7-8H,5-6H2,1-4H3. The van der Waals surface area contributed by atoms with Gasteiger partial charge in [0.1, 0.15) is 0 Å². The zero-order valence-electron chi connectivity index (χ0n) is 13.1. The second-order valence-corrected chi connectivity index (χ2v) is 4.84. The average Bonchev–Trinajstić information content (AvgIpc) is 2.46. The molecule has 0 spiro atoms. The molecule has 2 rings (SSSR count). The summed E-state index contributed by atoms with van der Waals surface area (Å²) in [6.45, 7) is 7.69. The largest absolute Gasteiger partial charge is 0.461 e. The number of carbonyl (C=O) groups excluding carboxylic acids is 2. The summed E-state index contributed by atoms with van der Waals surface area (Å²) in [5.41, 5.74) is 2.01. The third kappa shape index (κ3) is 2.90. The summed E-state index contributed by atoms with van der Waals surface area (Å²) in [6.07, 6.45) is 0. The lowest BCUT2D eigenvalue weighted by atomic mass is 10.00. The number of hydrogen-bond acceptors (Lipinski definition) is 6. The minimum Gasteiger partial charge on any atom is -0.461 e. The Labute approximate surface area is 128 Å². The number of carbonyl (C=O) groups is 2. The topological polar surface area (TPSA) is 78.4 Å². The van der Waals surface area contributed by atoms with Crippen molar-refractivity contribution in [2.24, 2.45) is 0 Å². The van der Waals surface area contributed by atoms with Crippen LogP contribution in [-0.2, 0) is 9.47 Å². The van der Waals surface area contributed by atoms with Crippen LogP contribution in [0.3, 0.4) is 0 Å². The van der Waals surface area contributed by atoms with Gasteiger partial charge in [0.05, 0.1) is 13.2 Å². The molecule has 0 bridgehead atoms. The zero-order valence-corrected chi connectivity index (χ0v) is 13.1. The first-order valence-electron chi connectivity index (χ1n) is 7.11. The van der Waals surface area contributed by atoms with Crippen molar-refractivity contribution in [3.63, 3.8) is 0 Å². The monoisotopic (exact) mass is 302 g/mol. The summed E-state index contributed by atoms with van der Waals surface area (Å²) >= 11 is 0. The smallest absolute Gasteiger partial charge is 0.359 e. The first-order chi connectivity index (χ1) is 10.5. The van der Waals surface area contributed by atoms with Gasteiger partial charge in [0, 0.05) is 10.8 Å². The minimum absolute atomic E-state index is 0.108. The Balaban J connectivity index is 2.74. The van der Waals surface area contributed by atoms with Crippen LogP contribution in [0, 0.1) is 13.8 Å². The van der Waals surface area contributed by atoms with Crippen LogP contribution in [0.2, 0.25) is 0 Å². The Morgan fingerprint density at radius 1 is 0.955 bits per heavy atom. The summed E-state index contributed by atoms with van der Waals surface area (Å²) in [7, 11) is 0. The second-order valence-electron chi connectivity index (χ2n) is 4.84. The number of nitrogens with zero attached hydrogens (tertiary/aromatic N) is 2. The van der Waals surface area contributed by atoms with Gasteiger partial charge in [-0.25, -0.2) is 9.59 Å². The highest BCUT2D eigenvalue weighted by atomic mass is 16.5. The van der Waals surface area contributed by atoms with E-state index in [1.54, 1.807) is 19.9 Å². The molecule has 0 amide bonds. The number of hydrogen-bond donors (Lipinski definition) is 0. The van der Waals surface area contributed by atoms with Gasteiger partial charge in [-0.2, -0.15) is 0 Å². The van der Waals surface area contributed by atoms with E-state index in [0.29, 0.717) is 10.8 Å². The lowest BCUT2D eigenvalue weighted by molar-refractivity contribution is 0.0502. The van der Waals surface area contributed by atoms with Crippen molar-refractivity contribution in [1.82, 2.24) is 10.2 Å². The number of aryl methyl sites for hydroxylation is 2. The third-order valence-corrected chi connectivity index (χ3v) is 3.16. The van der Waals surface area contributed by atoms with E-state index in [0.717, 1.165) is 11.1 Å². The molecule has 1 aromatic carbocycles. The molecule has 0 unspecified atom stereocenters. The molecule has 1 heterocycles. The Morgan fingerprint density at radius 2 is 1.50 bits per heavy atom. The second kappa shape index (κ2) is 6.51. The molecule has 6 heteroatoms. The van der Waals surface area contributed by atoms with Crippen LogP contribution >= 0.6 is 0 Å². The molecule has 0 saturated carbocycles. The minimum atomic E-state index is -0.555. The maximum atomic E-state index is 12.1. The predicted molar refractivity (Wildman–Crippen MR) is 80.9 cm³/mol. The molecule has 0 saturated heterocycles. The molecule has 1 aromatic heterocycles. The Bertz CT molecular complexity index is 740. The molecule has 2 aromatic rings. The van der Waals surface area contributed by atoms with E-state index in [1.165, 1.54) is 0 Å². The Morgan fingerprint density at radius 3 is 2.09 bits per heavy atom. The molecule has 22 heavy (non-hydrogen) atoms. The van der Waals surface area contributed by atoms with E-state index in [1.807, 2.05) is 19.9 Å². The van der Waals surface area contributed by atoms with E-state index in [9.17, 15) is 9.59 Å². The van der Waals surface area contributed by atoms with Crippen LogP contribution in [0.4, 0.5) is 0 Å². The fourth-order valence-electron chi connectivity index (χ4n) is 2.37. The van der Waals surface area contributed by atoms with Crippen molar-refractivity contribution in [1.29, 1.82) is 0 Å². The zero-order chi connectivity index (χ0) is 16.3. The quantitative estimate of drug-likeness (QED) is 0.808. The van der Waals surface area contributed by atoms with E-state index in [4.69, 9.17) is 9.47 Å². The molecule has 6 nitrogen and oxygen atoms in total. The van der Waals surface area contributed by atoms with Crippen LogP contribution < -0.4 is 0 Å². The van der Waals surface area contributed by atoms with Gasteiger partial charge in [-0.1, -0.05) is 11.6 Å². The number of benzene rings is 1. The van der Waals surface area contributed by atoms with Gasteiger partial charge < -0.3 is 9.47 Å². The van der Waals surface area contributed by atoms with Crippen molar-refractivity contribution >= 4 is 22.7 Å². The normalized spacial score (nSPS) is 10.5. The number of aromatic nitrogens is 2. The molecule has 0 aliphatic rings. The first-order valence-corrected chi connectivity index (χ1v) is 7.11. The van der Waals surface area contributed by atoms with Crippen molar-refractivity contribution < 1.29 is 19.1 Å². The number of esters is 2. The molecule has 0 fully saturated rings. The van der Waals surface area contributed by atoms with Gasteiger partial charge in [0.25, 0.3) is 0 Å². The van der Waals surface area contributed by atoms with Crippen LogP contribution in [-0.4, -0.2) is 35.3 Å². The first kappa shape index (κ1) is 15.9. The highest BCUT2D eigenvalue weighted by Crippen LogP contribution is 2.26. The molecular weight excluding hydrogens is 284 g/mol. The van der Waals surface area contributed by atoms with E-state index < -0.39 is 11.9 Å². The van der Waals surface area contributed by atoms with Gasteiger partial charge in [0.15, 0.2) is 11.4 Å². The van der Waals surface area contributed by atoms with Gasteiger partial charge in [-0.05, 0) is 39.3 Å². The molecule has 116 valence electrons. The maximum absolute atomic E-state index is 12.1. The summed E-state index contributed by atoms with van der Waals surface area (Å²) in [5, 5.41) is 8.90. The molecule has 0 atom stereocenters. The number of rotatable bonds is 4. The summed E-state index contributed by atoms with van der Waals surface area (Å²) in [4.78, 5) is 24.1. The Kier molecular flexibility index (Phi) is 4.70. The van der Waals surface area contributed by atoms with Crippen LogP contribution in [0.1, 0.15) is 46.0 Å². The Hall–Kier alpha value is -2.50. The fraction of sp³-hybridized carbons (Fsp3) is 0.375. The predicted octanol–water partition coefficient (Wildman–Crippen LogP) is 2.60. The lowest BCUT2D eigenvalue weighted by Gasteiger charge is -2.11. The van der Waals surface area contributed by atoms with Gasteiger partial charge in [-0.3, -0.25) is 0 Å². The molecule has 0 radical (unpaired) electrons. The van der Waals surface area contributed by atoms with E-state index >= 15 is 0 Å². The highest BCUT2D eigenvalue weighted by Gasteiger charge is 2.22. The van der Waals surface area contributed by atoms with E-state index in [2.05, 4.69) is 10.2 Å². The van der Waals surface area contributed by atoms with Crippen molar-refractivity contribution in [3.05, 3.63) is 34.6 Å². The van der Waals surface area contributed by atoms with Crippen LogP contribution in [0.25, 0.3) is 10.8 Å². The van der Waals surface area contributed by atoms with Gasteiger partial charge in [0.2, 0.25) is 0 Å². The third-order valence-electron chi connectivity index (χ3n) is 3.16. The molecule has 0 aliphatic heterocycles. The summed E-state index contributed by atoms with van der Waals surface area (Å²) < 4.78 is 10.0. The fourth-order valence-corrected chi connectivity index (χ4v) is 2.37. The number of fused-ring (bicyclic) bond motifs is 1. The van der Waals surface area contributed by atoms with Crippen LogP contribution in [0.5, 0.6) is 0 Å². The van der Waals surface area contributed by atoms with E-state index in [-0.39, 0.29) is 24.6 Å². The van der Waals surface area contributed by atoms with Gasteiger partial charge >= 0.3 is 11.9 Å². The van der Waals surface area contributed by atoms with Crippen molar-refractivity contribution in [2.45, 2.75) is 27.7 Å². The maximum Gasteiger partial charge on any atom is 0.359 e. The molecule has 0 aliphatic carbocycles. The average molecular weight is 302 g/mol. The summed E-state index contributed by atoms with van der Waals surface area (Å²) in [6, 6.07) is 3.72.